The fraction of sp³-hybridized carbons (Fsp3) is 0.500. The Bertz CT molecular complexity index is 417. The van der Waals surface area contributed by atoms with Crippen molar-refractivity contribution in [2.45, 2.75) is 25.9 Å². The van der Waals surface area contributed by atoms with Crippen molar-refractivity contribution in [3.05, 3.63) is 24.3 Å². The normalized spacial score (nSPS) is 13.7. The summed E-state index contributed by atoms with van der Waals surface area (Å²) in [6, 6.07) is 7.20. The second-order valence-electron chi connectivity index (χ2n) is 4.41. The van der Waals surface area contributed by atoms with E-state index in [0.717, 1.165) is 0 Å². The second-order valence-corrected chi connectivity index (χ2v) is 4.41. The quantitative estimate of drug-likeness (QED) is 0.789. The first-order chi connectivity index (χ1) is 9.05. The number of ether oxygens (including phenoxy) is 2. The third kappa shape index (κ3) is 4.22. The number of anilines is 1. The number of nitrogens with one attached hydrogen (secondary N) is 1. The van der Waals surface area contributed by atoms with Crippen LogP contribution in [0.15, 0.2) is 24.3 Å². The largest absolute Gasteiger partial charge is 0.492 e. The van der Waals surface area contributed by atoms with Crippen molar-refractivity contribution in [3.8, 4) is 5.75 Å². The van der Waals surface area contributed by atoms with Gasteiger partial charge in [-0.15, -0.1) is 0 Å². The molecule has 1 aromatic rings. The number of nitrogens with two attached hydrogens (primary N) is 1. The molecule has 0 aliphatic rings. The molecule has 106 valence electrons. The monoisotopic (exact) mass is 266 g/mol. The second kappa shape index (κ2) is 7.11. The summed E-state index contributed by atoms with van der Waals surface area (Å²) < 4.78 is 10.7. The van der Waals surface area contributed by atoms with Crippen LogP contribution in [0.25, 0.3) is 0 Å². The van der Waals surface area contributed by atoms with Gasteiger partial charge in [-0.2, -0.15) is 0 Å². The summed E-state index contributed by atoms with van der Waals surface area (Å²) in [6.45, 7) is 4.57. The molecule has 1 rings (SSSR count). The molecule has 1 aromatic carbocycles. The minimum absolute atomic E-state index is 0.173. The zero-order valence-corrected chi connectivity index (χ0v) is 11.7. The molecule has 0 saturated heterocycles. The van der Waals surface area contributed by atoms with Crippen LogP contribution in [0.4, 0.5) is 5.69 Å². The van der Waals surface area contributed by atoms with Gasteiger partial charge in [0.05, 0.1) is 0 Å². The fourth-order valence-corrected chi connectivity index (χ4v) is 1.50. The lowest BCUT2D eigenvalue weighted by molar-refractivity contribution is -0.136. The molecule has 3 N–H and O–H groups in total. The van der Waals surface area contributed by atoms with Crippen molar-refractivity contribution >= 4 is 11.6 Å². The van der Waals surface area contributed by atoms with E-state index in [1.165, 1.54) is 7.11 Å². The summed E-state index contributed by atoms with van der Waals surface area (Å²) in [4.78, 5) is 12.1. The Hall–Kier alpha value is -1.59. The van der Waals surface area contributed by atoms with Gasteiger partial charge in [0.1, 0.15) is 18.0 Å². The third-order valence-electron chi connectivity index (χ3n) is 3.08. The molecule has 5 heteroatoms. The molecule has 1 unspecified atom stereocenters. The smallest absolute Gasteiger partial charge is 0.256 e. The summed E-state index contributed by atoms with van der Waals surface area (Å²) in [7, 11) is 1.53. The van der Waals surface area contributed by atoms with Crippen molar-refractivity contribution in [3.63, 3.8) is 0 Å². The van der Waals surface area contributed by atoms with Crippen LogP contribution in [-0.2, 0) is 9.53 Å². The molecular formula is C14H22N2O3. The van der Waals surface area contributed by atoms with Crippen LogP contribution in [0.3, 0.4) is 0 Å². The molecular weight excluding hydrogens is 244 g/mol. The van der Waals surface area contributed by atoms with E-state index in [4.69, 9.17) is 15.2 Å². The van der Waals surface area contributed by atoms with E-state index in [1.807, 2.05) is 19.1 Å². The SMILES string of the molecule is CCC(C)(OC)C(=O)Nc1cccc(OCCN)c1. The van der Waals surface area contributed by atoms with Gasteiger partial charge in [0.25, 0.3) is 5.91 Å². The Morgan fingerprint density at radius 3 is 2.79 bits per heavy atom. The maximum atomic E-state index is 12.1. The van der Waals surface area contributed by atoms with E-state index in [0.29, 0.717) is 31.0 Å². The molecule has 19 heavy (non-hydrogen) atoms. The highest BCUT2D eigenvalue weighted by molar-refractivity contribution is 5.97. The van der Waals surface area contributed by atoms with Crippen molar-refractivity contribution in [1.82, 2.24) is 0 Å². The molecule has 0 aliphatic heterocycles. The van der Waals surface area contributed by atoms with E-state index in [-0.39, 0.29) is 5.91 Å². The minimum Gasteiger partial charge on any atom is -0.492 e. The fourth-order valence-electron chi connectivity index (χ4n) is 1.50. The van der Waals surface area contributed by atoms with Gasteiger partial charge in [0.15, 0.2) is 0 Å². The number of methoxy groups -OCH3 is 1. The van der Waals surface area contributed by atoms with Crippen LogP contribution in [0.2, 0.25) is 0 Å². The zero-order chi connectivity index (χ0) is 14.3. The Morgan fingerprint density at radius 1 is 1.47 bits per heavy atom. The first-order valence-electron chi connectivity index (χ1n) is 6.35. The van der Waals surface area contributed by atoms with Crippen LogP contribution in [-0.4, -0.2) is 31.8 Å². The molecule has 5 nitrogen and oxygen atoms in total. The van der Waals surface area contributed by atoms with E-state index >= 15 is 0 Å². The van der Waals surface area contributed by atoms with Gasteiger partial charge in [0, 0.05) is 25.4 Å². The predicted molar refractivity (Wildman–Crippen MR) is 75.3 cm³/mol. The molecule has 1 amide bonds. The minimum atomic E-state index is -0.825. The number of amides is 1. The third-order valence-corrected chi connectivity index (χ3v) is 3.08. The standard InChI is InChI=1S/C14H22N2O3/c1-4-14(2,18-3)13(17)16-11-6-5-7-12(10-11)19-9-8-15/h5-7,10H,4,8-9,15H2,1-3H3,(H,16,17). The summed E-state index contributed by atoms with van der Waals surface area (Å²) >= 11 is 0. The van der Waals surface area contributed by atoms with Gasteiger partial charge in [-0.1, -0.05) is 13.0 Å². The van der Waals surface area contributed by atoms with Crippen molar-refractivity contribution in [2.24, 2.45) is 5.73 Å². The van der Waals surface area contributed by atoms with Gasteiger partial charge in [0.2, 0.25) is 0 Å². The van der Waals surface area contributed by atoms with Crippen LogP contribution in [0.5, 0.6) is 5.75 Å². The summed E-state index contributed by atoms with van der Waals surface area (Å²) in [6.07, 6.45) is 0.596. The van der Waals surface area contributed by atoms with Crippen LogP contribution in [0, 0.1) is 0 Å². The molecule has 0 fully saturated rings. The Morgan fingerprint density at radius 2 is 2.21 bits per heavy atom. The topological polar surface area (TPSA) is 73.6 Å². The average molecular weight is 266 g/mol. The number of rotatable bonds is 7. The Balaban J connectivity index is 2.74. The van der Waals surface area contributed by atoms with Crippen LogP contribution in [0.1, 0.15) is 20.3 Å². The van der Waals surface area contributed by atoms with Crippen LogP contribution >= 0.6 is 0 Å². The Kier molecular flexibility index (Phi) is 5.79. The van der Waals surface area contributed by atoms with E-state index in [9.17, 15) is 4.79 Å². The highest BCUT2D eigenvalue weighted by atomic mass is 16.5. The summed E-state index contributed by atoms with van der Waals surface area (Å²) in [5.74, 6) is 0.507. The highest BCUT2D eigenvalue weighted by Gasteiger charge is 2.30. The molecule has 0 saturated carbocycles. The van der Waals surface area contributed by atoms with Gasteiger partial charge in [-0.25, -0.2) is 0 Å². The Labute approximate surface area is 114 Å². The maximum absolute atomic E-state index is 12.1. The van der Waals surface area contributed by atoms with Gasteiger partial charge >= 0.3 is 0 Å². The predicted octanol–water partition coefficient (Wildman–Crippen LogP) is 1.78. The molecule has 0 bridgehead atoms. The molecule has 0 radical (unpaired) electrons. The maximum Gasteiger partial charge on any atom is 0.256 e. The van der Waals surface area contributed by atoms with E-state index < -0.39 is 5.60 Å². The number of hydrogen-bond acceptors (Lipinski definition) is 4. The molecule has 0 aliphatic carbocycles. The summed E-state index contributed by atoms with van der Waals surface area (Å²) in [5.41, 5.74) is 5.23. The number of carbonyl (C=O) groups excluding carboxylic acids is 1. The van der Waals surface area contributed by atoms with Crippen LogP contribution < -0.4 is 15.8 Å². The first kappa shape index (κ1) is 15.5. The highest BCUT2D eigenvalue weighted by Crippen LogP contribution is 2.21. The summed E-state index contributed by atoms with van der Waals surface area (Å²) in [5, 5.41) is 2.83. The lowest BCUT2D eigenvalue weighted by atomic mass is 10.0. The molecule has 1 atom stereocenters. The van der Waals surface area contributed by atoms with Crippen molar-refractivity contribution < 1.29 is 14.3 Å². The van der Waals surface area contributed by atoms with Crippen molar-refractivity contribution in [1.29, 1.82) is 0 Å². The molecule has 0 spiro atoms. The van der Waals surface area contributed by atoms with E-state index in [1.54, 1.807) is 19.1 Å². The zero-order valence-electron chi connectivity index (χ0n) is 11.7. The van der Waals surface area contributed by atoms with Crippen molar-refractivity contribution in [2.75, 3.05) is 25.6 Å². The number of benzene rings is 1. The van der Waals surface area contributed by atoms with Gasteiger partial charge in [-0.05, 0) is 25.5 Å². The van der Waals surface area contributed by atoms with Gasteiger partial charge < -0.3 is 20.5 Å². The average Bonchev–Trinajstić information content (AvgIpc) is 2.44. The first-order valence-corrected chi connectivity index (χ1v) is 6.35. The number of carbonyl (C=O) groups is 1. The molecule has 0 aromatic heterocycles. The van der Waals surface area contributed by atoms with E-state index in [2.05, 4.69) is 5.32 Å². The lowest BCUT2D eigenvalue weighted by Gasteiger charge is -2.25. The van der Waals surface area contributed by atoms with Gasteiger partial charge in [-0.3, -0.25) is 4.79 Å². The number of hydrogen-bond donors (Lipinski definition) is 2. The lowest BCUT2D eigenvalue weighted by Crippen LogP contribution is -2.41. The molecule has 0 heterocycles.